The number of methoxy groups -OCH3 is 1. The molecule has 0 aliphatic rings. The predicted molar refractivity (Wildman–Crippen MR) is 135 cm³/mol. The van der Waals surface area contributed by atoms with Crippen molar-refractivity contribution in [2.45, 2.75) is 16.2 Å². The van der Waals surface area contributed by atoms with E-state index in [-0.39, 0.29) is 21.4 Å². The lowest BCUT2D eigenvalue weighted by atomic mass is 10.1. The molecule has 1 heterocycles. The first-order valence-electron chi connectivity index (χ1n) is 10.8. The summed E-state index contributed by atoms with van der Waals surface area (Å²) < 4.78 is 45.2. The highest BCUT2D eigenvalue weighted by molar-refractivity contribution is 7.99. The van der Waals surface area contributed by atoms with Crippen molar-refractivity contribution in [2.24, 2.45) is 4.99 Å². The van der Waals surface area contributed by atoms with Gasteiger partial charge < -0.3 is 4.74 Å². The summed E-state index contributed by atoms with van der Waals surface area (Å²) in [4.78, 5) is 34.8. The van der Waals surface area contributed by atoms with E-state index < -0.39 is 22.8 Å². The van der Waals surface area contributed by atoms with Gasteiger partial charge in [-0.2, -0.15) is 13.2 Å². The first-order chi connectivity index (χ1) is 18.1. The van der Waals surface area contributed by atoms with E-state index in [4.69, 9.17) is 0 Å². The number of carbonyl (C=O) groups excluding carboxylic acids is 1. The van der Waals surface area contributed by atoms with Gasteiger partial charge in [-0.3, -0.25) is 15.1 Å². The zero-order valence-corrected chi connectivity index (χ0v) is 20.4. The van der Waals surface area contributed by atoms with Gasteiger partial charge in [-0.25, -0.2) is 14.8 Å². The number of nitrogens with zero attached hydrogens (tertiary/aromatic N) is 4. The summed E-state index contributed by atoms with van der Waals surface area (Å²) in [6, 6.07) is 19.5. The van der Waals surface area contributed by atoms with E-state index in [1.807, 2.05) is 0 Å². The molecule has 0 fully saturated rings. The van der Waals surface area contributed by atoms with Crippen molar-refractivity contribution in [1.29, 1.82) is 0 Å². The molecule has 0 spiro atoms. The number of halogens is 3. The molecule has 0 aliphatic heterocycles. The van der Waals surface area contributed by atoms with Crippen molar-refractivity contribution in [3.63, 3.8) is 0 Å². The Bertz CT molecular complexity index is 1510. The SMILES string of the molecule is COC(=O)c1ccc(N=Cc2ccc(Sc3nc(-c4ccccc4)cc(C(F)(F)F)n3)c([N+](=O)[O-])c2)cc1. The molecule has 38 heavy (non-hydrogen) atoms. The lowest BCUT2D eigenvalue weighted by Crippen LogP contribution is -2.10. The molecule has 0 unspecified atom stereocenters. The minimum atomic E-state index is -4.73. The molecule has 0 radical (unpaired) electrons. The molecule has 0 atom stereocenters. The third-order valence-electron chi connectivity index (χ3n) is 5.10. The van der Waals surface area contributed by atoms with E-state index in [2.05, 4.69) is 19.7 Å². The maximum Gasteiger partial charge on any atom is 0.433 e. The highest BCUT2D eigenvalue weighted by Crippen LogP contribution is 2.37. The minimum absolute atomic E-state index is 0.0417. The topological polar surface area (TPSA) is 108 Å². The number of carbonyl (C=O) groups is 1. The Kier molecular flexibility index (Phi) is 7.82. The Labute approximate surface area is 218 Å². The number of nitro groups is 1. The summed E-state index contributed by atoms with van der Waals surface area (Å²) in [5, 5.41) is 11.5. The number of hydrogen-bond donors (Lipinski definition) is 0. The predicted octanol–water partition coefficient (Wildman–Crippen LogP) is 6.76. The second-order valence-electron chi connectivity index (χ2n) is 7.67. The Morgan fingerprint density at radius 2 is 1.74 bits per heavy atom. The van der Waals surface area contributed by atoms with Crippen LogP contribution in [0.5, 0.6) is 0 Å². The summed E-state index contributed by atoms with van der Waals surface area (Å²) in [7, 11) is 1.27. The molecule has 0 bridgehead atoms. The third-order valence-corrected chi connectivity index (χ3v) is 6.03. The van der Waals surface area contributed by atoms with Gasteiger partial charge in [0.2, 0.25) is 0 Å². The third kappa shape index (κ3) is 6.40. The monoisotopic (exact) mass is 538 g/mol. The van der Waals surface area contributed by atoms with Crippen molar-refractivity contribution in [3.05, 3.63) is 106 Å². The van der Waals surface area contributed by atoms with Crippen molar-refractivity contribution in [3.8, 4) is 11.3 Å². The van der Waals surface area contributed by atoms with Crippen LogP contribution in [0.15, 0.2) is 93.9 Å². The standard InChI is InChI=1S/C26H17F3N4O4S/c1-37-24(34)18-8-10-19(11-9-18)30-15-16-7-12-22(21(13-16)33(35)36)38-25-31-20(17-5-3-2-4-6-17)14-23(32-25)26(27,28)29/h2-15H,1H3. The van der Waals surface area contributed by atoms with Gasteiger partial charge in [0, 0.05) is 17.8 Å². The van der Waals surface area contributed by atoms with Gasteiger partial charge in [-0.05, 0) is 53.7 Å². The van der Waals surface area contributed by atoms with Crippen LogP contribution in [0.1, 0.15) is 21.6 Å². The smallest absolute Gasteiger partial charge is 0.433 e. The van der Waals surface area contributed by atoms with Crippen molar-refractivity contribution in [2.75, 3.05) is 7.11 Å². The van der Waals surface area contributed by atoms with Crippen LogP contribution >= 0.6 is 11.8 Å². The fourth-order valence-electron chi connectivity index (χ4n) is 3.27. The molecule has 3 aromatic carbocycles. The molecule has 8 nitrogen and oxygen atoms in total. The summed E-state index contributed by atoms with van der Waals surface area (Å²) in [5.74, 6) is -0.495. The van der Waals surface area contributed by atoms with E-state index >= 15 is 0 Å². The molecular formula is C26H17F3N4O4S. The number of aliphatic imine (C=N–C) groups is 1. The zero-order valence-electron chi connectivity index (χ0n) is 19.5. The highest BCUT2D eigenvalue weighted by Gasteiger charge is 2.34. The number of rotatable bonds is 7. The van der Waals surface area contributed by atoms with Crippen molar-refractivity contribution < 1.29 is 27.6 Å². The molecule has 4 rings (SSSR count). The van der Waals surface area contributed by atoms with Crippen LogP contribution in [0.3, 0.4) is 0 Å². The Morgan fingerprint density at radius 3 is 2.37 bits per heavy atom. The summed E-state index contributed by atoms with van der Waals surface area (Å²) in [6.07, 6.45) is -3.34. The normalized spacial score (nSPS) is 11.5. The lowest BCUT2D eigenvalue weighted by molar-refractivity contribution is -0.387. The number of benzene rings is 3. The minimum Gasteiger partial charge on any atom is -0.465 e. The van der Waals surface area contributed by atoms with Crippen LogP contribution in [-0.4, -0.2) is 34.2 Å². The number of hydrogen-bond acceptors (Lipinski definition) is 8. The first-order valence-corrected chi connectivity index (χ1v) is 11.7. The quantitative estimate of drug-likeness (QED) is 0.0841. The number of esters is 1. The van der Waals surface area contributed by atoms with Gasteiger partial charge in [0.15, 0.2) is 5.16 Å². The van der Waals surface area contributed by atoms with Crippen LogP contribution in [0.4, 0.5) is 24.5 Å². The molecule has 0 saturated carbocycles. The number of ether oxygens (including phenoxy) is 1. The summed E-state index contributed by atoms with van der Waals surface area (Å²) in [5.41, 5.74) is 0.206. The van der Waals surface area contributed by atoms with E-state index in [9.17, 15) is 28.1 Å². The van der Waals surface area contributed by atoms with E-state index in [0.717, 1.165) is 6.07 Å². The van der Waals surface area contributed by atoms with E-state index in [1.54, 1.807) is 42.5 Å². The molecule has 0 aliphatic carbocycles. The van der Waals surface area contributed by atoms with Gasteiger partial charge in [0.25, 0.3) is 5.69 Å². The molecule has 12 heteroatoms. The van der Waals surface area contributed by atoms with Crippen molar-refractivity contribution >= 4 is 35.3 Å². The maximum absolute atomic E-state index is 13.5. The Balaban J connectivity index is 1.64. The van der Waals surface area contributed by atoms with Crippen LogP contribution in [0, 0.1) is 10.1 Å². The van der Waals surface area contributed by atoms with Gasteiger partial charge in [-0.15, -0.1) is 0 Å². The van der Waals surface area contributed by atoms with Crippen molar-refractivity contribution in [1.82, 2.24) is 9.97 Å². The van der Waals surface area contributed by atoms with Crippen LogP contribution < -0.4 is 0 Å². The Morgan fingerprint density at radius 1 is 1.03 bits per heavy atom. The van der Waals surface area contributed by atoms with Crippen LogP contribution in [0.2, 0.25) is 0 Å². The summed E-state index contributed by atoms with van der Waals surface area (Å²) in [6.45, 7) is 0. The molecular weight excluding hydrogens is 521 g/mol. The molecule has 192 valence electrons. The number of alkyl halides is 3. The fourth-order valence-corrected chi connectivity index (χ4v) is 4.12. The average molecular weight is 539 g/mol. The second kappa shape index (κ2) is 11.2. The largest absolute Gasteiger partial charge is 0.465 e. The van der Waals surface area contributed by atoms with Gasteiger partial charge in [-0.1, -0.05) is 36.4 Å². The average Bonchev–Trinajstić information content (AvgIpc) is 2.92. The number of aromatic nitrogens is 2. The highest BCUT2D eigenvalue weighted by atomic mass is 32.2. The molecule has 4 aromatic rings. The molecule has 0 saturated heterocycles. The van der Waals surface area contributed by atoms with Crippen LogP contribution in [-0.2, 0) is 10.9 Å². The summed E-state index contributed by atoms with van der Waals surface area (Å²) >= 11 is 0.659. The molecule has 0 amide bonds. The van der Waals surface area contributed by atoms with E-state index in [0.29, 0.717) is 34.1 Å². The van der Waals surface area contributed by atoms with Crippen LogP contribution in [0.25, 0.3) is 11.3 Å². The molecule has 0 N–H and O–H groups in total. The fraction of sp³-hybridized carbons (Fsp3) is 0.0769. The Hall–Kier alpha value is -4.58. The zero-order chi connectivity index (χ0) is 27.3. The maximum atomic E-state index is 13.5. The first kappa shape index (κ1) is 26.5. The van der Waals surface area contributed by atoms with Gasteiger partial charge >= 0.3 is 12.1 Å². The van der Waals surface area contributed by atoms with Gasteiger partial charge in [0.1, 0.15) is 5.69 Å². The lowest BCUT2D eigenvalue weighted by Gasteiger charge is -2.11. The van der Waals surface area contributed by atoms with E-state index in [1.165, 1.54) is 43.7 Å². The van der Waals surface area contributed by atoms with Gasteiger partial charge in [0.05, 0.1) is 33.9 Å². The molecule has 1 aromatic heterocycles. The number of nitro benzene ring substituents is 1. The second-order valence-corrected chi connectivity index (χ2v) is 8.68.